The summed E-state index contributed by atoms with van der Waals surface area (Å²) < 4.78 is 0. The average molecular weight is 317 g/mol. The molecule has 0 atom stereocenters. The van der Waals surface area contributed by atoms with Crippen molar-refractivity contribution < 1.29 is 4.79 Å². The number of carbonyl (C=O) groups excluding carboxylic acids is 1. The van der Waals surface area contributed by atoms with Crippen LogP contribution in [0.3, 0.4) is 0 Å². The Morgan fingerprint density at radius 3 is 2.87 bits per heavy atom. The zero-order valence-electron chi connectivity index (χ0n) is 13.6. The minimum Gasteiger partial charge on any atom is -0.336 e. The minimum absolute atomic E-state index is 0.00476. The van der Waals surface area contributed by atoms with Gasteiger partial charge in [0.25, 0.3) is 5.91 Å². The largest absolute Gasteiger partial charge is 0.336 e. The lowest BCUT2D eigenvalue weighted by Crippen LogP contribution is -2.50. The zero-order valence-corrected chi connectivity index (χ0v) is 13.6. The van der Waals surface area contributed by atoms with Gasteiger partial charge in [-0.2, -0.15) is 0 Å². The van der Waals surface area contributed by atoms with Gasteiger partial charge in [-0.3, -0.25) is 14.7 Å². The molecular formula is C15H23N7O. The third-order valence-corrected chi connectivity index (χ3v) is 4.77. The standard InChI is InChI=1S/C15H23N7O/c1-3-21-11-8-20(9-16-2)19-22(11)14-12(15(21)23)17-13(18-14)10-6-4-5-7-10/h8,10,16,19H,3-7,9H2,1-2H3,(H,17,18). The fourth-order valence-electron chi connectivity index (χ4n) is 3.63. The number of hydrogen-bond acceptors (Lipinski definition) is 6. The first-order valence-corrected chi connectivity index (χ1v) is 8.34. The van der Waals surface area contributed by atoms with Gasteiger partial charge in [-0.15, -0.1) is 5.53 Å². The van der Waals surface area contributed by atoms with E-state index in [0.29, 0.717) is 30.6 Å². The van der Waals surface area contributed by atoms with Gasteiger partial charge in [0.2, 0.25) is 0 Å². The number of nitrogens with one attached hydrogen (secondary N) is 3. The molecule has 8 heteroatoms. The fourth-order valence-corrected chi connectivity index (χ4v) is 3.63. The second-order valence-electron chi connectivity index (χ2n) is 6.26. The normalized spacial score (nSPS) is 21.0. The molecule has 1 amide bonds. The van der Waals surface area contributed by atoms with E-state index in [-0.39, 0.29) is 5.91 Å². The maximum atomic E-state index is 12.8. The highest BCUT2D eigenvalue weighted by Crippen LogP contribution is 2.37. The molecule has 0 spiro atoms. The lowest BCUT2D eigenvalue weighted by molar-refractivity contribution is 0.0793. The second kappa shape index (κ2) is 5.54. The number of aromatic amines is 1. The number of aromatic nitrogens is 2. The van der Waals surface area contributed by atoms with E-state index in [0.717, 1.165) is 24.5 Å². The molecule has 23 heavy (non-hydrogen) atoms. The third-order valence-electron chi connectivity index (χ3n) is 4.77. The van der Waals surface area contributed by atoms with Gasteiger partial charge >= 0.3 is 0 Å². The summed E-state index contributed by atoms with van der Waals surface area (Å²) in [5.41, 5.74) is 3.86. The molecule has 8 nitrogen and oxygen atoms in total. The number of fused-ring (bicyclic) bond motifs is 3. The molecule has 0 bridgehead atoms. The number of imidazole rings is 1. The van der Waals surface area contributed by atoms with Gasteiger partial charge in [0.05, 0.1) is 12.9 Å². The predicted octanol–water partition coefficient (Wildman–Crippen LogP) is 1.06. The van der Waals surface area contributed by atoms with E-state index < -0.39 is 0 Å². The average Bonchev–Trinajstić information content (AvgIpc) is 3.26. The third kappa shape index (κ3) is 2.21. The first-order chi connectivity index (χ1) is 11.2. The van der Waals surface area contributed by atoms with Crippen LogP contribution in [0, 0.1) is 0 Å². The van der Waals surface area contributed by atoms with E-state index in [1.807, 2.05) is 30.2 Å². The molecule has 1 saturated carbocycles. The van der Waals surface area contributed by atoms with Crippen LogP contribution in [0.15, 0.2) is 12.0 Å². The van der Waals surface area contributed by atoms with Crippen LogP contribution in [0.5, 0.6) is 0 Å². The van der Waals surface area contributed by atoms with Crippen molar-refractivity contribution in [1.29, 1.82) is 0 Å². The molecule has 1 aliphatic carbocycles. The summed E-state index contributed by atoms with van der Waals surface area (Å²) in [4.78, 5) is 22.6. The van der Waals surface area contributed by atoms with Crippen molar-refractivity contribution in [3.8, 4) is 0 Å². The molecule has 1 aromatic rings. The number of carbonyl (C=O) groups is 1. The highest BCUT2D eigenvalue weighted by atomic mass is 16.2. The summed E-state index contributed by atoms with van der Waals surface area (Å²) in [6, 6.07) is 0. The predicted molar refractivity (Wildman–Crippen MR) is 86.0 cm³/mol. The Bertz CT molecular complexity index is 646. The molecule has 3 heterocycles. The molecule has 0 unspecified atom stereocenters. The van der Waals surface area contributed by atoms with Crippen molar-refractivity contribution in [2.24, 2.45) is 0 Å². The van der Waals surface area contributed by atoms with Crippen LogP contribution in [0.2, 0.25) is 0 Å². The number of rotatable bonds is 4. The molecule has 124 valence electrons. The quantitative estimate of drug-likeness (QED) is 0.771. The van der Waals surface area contributed by atoms with Crippen LogP contribution in [-0.2, 0) is 0 Å². The molecule has 1 fully saturated rings. The maximum absolute atomic E-state index is 12.8. The van der Waals surface area contributed by atoms with Crippen molar-refractivity contribution in [3.63, 3.8) is 0 Å². The van der Waals surface area contributed by atoms with E-state index in [1.165, 1.54) is 12.8 Å². The Hall–Kier alpha value is -2.06. The Kier molecular flexibility index (Phi) is 3.50. The Balaban J connectivity index is 1.72. The smallest absolute Gasteiger partial charge is 0.279 e. The van der Waals surface area contributed by atoms with Crippen molar-refractivity contribution >= 4 is 11.7 Å². The van der Waals surface area contributed by atoms with Gasteiger partial charge in [0, 0.05) is 12.5 Å². The van der Waals surface area contributed by atoms with E-state index >= 15 is 0 Å². The first kappa shape index (κ1) is 14.5. The SMILES string of the molecule is CCN1C(=O)c2[nH]c(C3CCCC3)nc2N2NN(CNC)C=C12. The molecule has 0 saturated heterocycles. The van der Waals surface area contributed by atoms with Crippen LogP contribution in [0.25, 0.3) is 0 Å². The van der Waals surface area contributed by atoms with Gasteiger partial charge in [-0.1, -0.05) is 12.8 Å². The summed E-state index contributed by atoms with van der Waals surface area (Å²) in [6.07, 6.45) is 6.73. The maximum Gasteiger partial charge on any atom is 0.279 e. The number of anilines is 1. The van der Waals surface area contributed by atoms with E-state index in [4.69, 9.17) is 4.98 Å². The number of H-pyrrole nitrogens is 1. The van der Waals surface area contributed by atoms with Gasteiger partial charge in [0.1, 0.15) is 5.82 Å². The van der Waals surface area contributed by atoms with Gasteiger partial charge < -0.3 is 10.3 Å². The molecule has 3 aliphatic rings. The number of hydrogen-bond donors (Lipinski definition) is 3. The molecule has 4 rings (SSSR count). The fraction of sp³-hybridized carbons (Fsp3) is 0.600. The summed E-state index contributed by atoms with van der Waals surface area (Å²) in [5.74, 6) is 2.91. The van der Waals surface area contributed by atoms with E-state index in [2.05, 4.69) is 15.8 Å². The van der Waals surface area contributed by atoms with Crippen molar-refractivity contribution in [1.82, 2.24) is 30.7 Å². The molecule has 0 radical (unpaired) electrons. The second-order valence-corrected chi connectivity index (χ2v) is 6.26. The zero-order chi connectivity index (χ0) is 16.0. The van der Waals surface area contributed by atoms with Gasteiger partial charge in [-0.05, 0) is 26.8 Å². The topological polar surface area (TPSA) is 79.5 Å². The molecular weight excluding hydrogens is 294 g/mol. The summed E-state index contributed by atoms with van der Waals surface area (Å²) >= 11 is 0. The Morgan fingerprint density at radius 1 is 1.39 bits per heavy atom. The summed E-state index contributed by atoms with van der Waals surface area (Å²) in [7, 11) is 1.89. The summed E-state index contributed by atoms with van der Waals surface area (Å²) in [5, 5.41) is 6.90. The van der Waals surface area contributed by atoms with E-state index in [1.54, 1.807) is 4.90 Å². The first-order valence-electron chi connectivity index (χ1n) is 8.34. The lowest BCUT2D eigenvalue weighted by Gasteiger charge is -2.32. The van der Waals surface area contributed by atoms with Crippen LogP contribution >= 0.6 is 0 Å². The highest BCUT2D eigenvalue weighted by molar-refractivity contribution is 6.01. The van der Waals surface area contributed by atoms with Gasteiger partial charge in [-0.25, -0.2) is 9.99 Å². The van der Waals surface area contributed by atoms with Crippen molar-refractivity contribution in [3.05, 3.63) is 23.5 Å². The molecule has 2 aliphatic heterocycles. The minimum atomic E-state index is -0.00476. The molecule has 3 N–H and O–H groups in total. The lowest BCUT2D eigenvalue weighted by atomic mass is 10.1. The Labute approximate surface area is 135 Å². The van der Waals surface area contributed by atoms with Crippen LogP contribution in [-0.4, -0.2) is 46.0 Å². The van der Waals surface area contributed by atoms with Crippen LogP contribution < -0.4 is 15.9 Å². The monoisotopic (exact) mass is 317 g/mol. The molecule has 0 aromatic carbocycles. The number of nitrogens with zero attached hydrogens (tertiary/aromatic N) is 4. The van der Waals surface area contributed by atoms with E-state index in [9.17, 15) is 4.79 Å². The highest BCUT2D eigenvalue weighted by Gasteiger charge is 2.40. The van der Waals surface area contributed by atoms with Crippen molar-refractivity contribution in [2.45, 2.75) is 38.5 Å². The van der Waals surface area contributed by atoms with Crippen LogP contribution in [0.1, 0.15) is 54.8 Å². The van der Waals surface area contributed by atoms with Crippen molar-refractivity contribution in [2.75, 3.05) is 25.3 Å². The number of hydrazine groups is 2. The molecule has 1 aromatic heterocycles. The Morgan fingerprint density at radius 2 is 2.17 bits per heavy atom. The number of amides is 1. The van der Waals surface area contributed by atoms with Crippen LogP contribution in [0.4, 0.5) is 5.82 Å². The summed E-state index contributed by atoms with van der Waals surface area (Å²) in [6.45, 7) is 3.24. The van der Waals surface area contributed by atoms with Gasteiger partial charge in [0.15, 0.2) is 17.3 Å².